The van der Waals surface area contributed by atoms with E-state index < -0.39 is 5.91 Å². The van der Waals surface area contributed by atoms with Crippen molar-refractivity contribution in [2.75, 3.05) is 21.3 Å². The number of ether oxygens (including phenoxy) is 3. The maximum Gasteiger partial charge on any atom is 0.272 e. The Bertz CT molecular complexity index is 1170. The number of carbonyl (C=O) groups excluding carboxylic acids is 1. The lowest BCUT2D eigenvalue weighted by atomic mass is 10.1. The molecule has 2 aromatic carbocycles. The molecule has 0 N–H and O–H groups in total. The van der Waals surface area contributed by atoms with Gasteiger partial charge in [-0.1, -0.05) is 23.5 Å². The van der Waals surface area contributed by atoms with E-state index in [-0.39, 0.29) is 5.82 Å². The number of nitrogens with zero attached hydrogens (tertiary/aromatic N) is 2. The lowest BCUT2D eigenvalue weighted by Crippen LogP contribution is -2.16. The maximum absolute atomic E-state index is 14.3. The molecule has 156 valence electrons. The van der Waals surface area contributed by atoms with Gasteiger partial charge in [0.2, 0.25) is 5.75 Å². The third-order valence-electron chi connectivity index (χ3n) is 4.27. The summed E-state index contributed by atoms with van der Waals surface area (Å²) in [5.74, 6) is 0.571. The zero-order valence-electron chi connectivity index (χ0n) is 16.8. The van der Waals surface area contributed by atoms with Crippen molar-refractivity contribution in [3.8, 4) is 17.2 Å². The number of benzene rings is 2. The minimum atomic E-state index is -0.478. The summed E-state index contributed by atoms with van der Waals surface area (Å²) >= 11 is 1.24. The van der Waals surface area contributed by atoms with Gasteiger partial charge in [0.15, 0.2) is 16.3 Å². The molecule has 3 rings (SSSR count). The molecule has 1 aromatic heterocycles. The van der Waals surface area contributed by atoms with Gasteiger partial charge in [0.1, 0.15) is 5.82 Å². The van der Waals surface area contributed by atoms with Crippen LogP contribution >= 0.6 is 11.3 Å². The topological polar surface area (TPSA) is 62.1 Å². The number of para-hydroxylation sites is 1. The number of rotatable bonds is 7. The van der Waals surface area contributed by atoms with Crippen LogP contribution in [0.4, 0.5) is 4.39 Å². The molecule has 0 aliphatic rings. The minimum Gasteiger partial charge on any atom is -0.493 e. The Morgan fingerprint density at radius 1 is 1.20 bits per heavy atom. The second-order valence-electron chi connectivity index (χ2n) is 6.11. The van der Waals surface area contributed by atoms with Crippen molar-refractivity contribution in [1.82, 2.24) is 4.57 Å². The van der Waals surface area contributed by atoms with Crippen molar-refractivity contribution in [3.63, 3.8) is 0 Å². The smallest absolute Gasteiger partial charge is 0.272 e. The van der Waals surface area contributed by atoms with Crippen molar-refractivity contribution < 1.29 is 23.4 Å². The van der Waals surface area contributed by atoms with E-state index in [1.165, 1.54) is 44.8 Å². The Kier molecular flexibility index (Phi) is 6.68. The normalized spacial score (nSPS) is 11.8. The summed E-state index contributed by atoms with van der Waals surface area (Å²) in [4.78, 5) is 17.0. The Morgan fingerprint density at radius 2 is 1.90 bits per heavy atom. The van der Waals surface area contributed by atoms with Crippen molar-refractivity contribution in [3.05, 3.63) is 65.2 Å². The summed E-state index contributed by atoms with van der Waals surface area (Å²) in [5, 5.41) is 0. The fourth-order valence-corrected chi connectivity index (χ4v) is 4.03. The minimum absolute atomic E-state index is 0.337. The SMILES string of the molecule is C=CCn1c(=NC(=O)/C=C\c2cc(OC)c(OC)c(OC)c2)sc2cccc(F)c21. The van der Waals surface area contributed by atoms with Gasteiger partial charge in [0.25, 0.3) is 5.91 Å². The van der Waals surface area contributed by atoms with E-state index >= 15 is 0 Å². The Hall–Kier alpha value is -3.39. The number of amides is 1. The summed E-state index contributed by atoms with van der Waals surface area (Å²) in [5.41, 5.74) is 1.08. The number of aromatic nitrogens is 1. The van der Waals surface area contributed by atoms with E-state index in [1.807, 2.05) is 0 Å². The molecule has 8 heteroatoms. The first kappa shape index (κ1) is 21.3. The van der Waals surface area contributed by atoms with Crippen LogP contribution in [0.3, 0.4) is 0 Å². The molecule has 6 nitrogen and oxygen atoms in total. The molecule has 0 aliphatic heterocycles. The van der Waals surface area contributed by atoms with Crippen molar-refractivity contribution in [1.29, 1.82) is 0 Å². The molecule has 0 atom stereocenters. The zero-order valence-corrected chi connectivity index (χ0v) is 17.7. The number of fused-ring (bicyclic) bond motifs is 1. The van der Waals surface area contributed by atoms with Gasteiger partial charge in [-0.15, -0.1) is 6.58 Å². The van der Waals surface area contributed by atoms with E-state index in [4.69, 9.17) is 14.2 Å². The fourth-order valence-electron chi connectivity index (χ4n) is 2.97. The third-order valence-corrected chi connectivity index (χ3v) is 5.32. The van der Waals surface area contributed by atoms with Crippen LogP contribution in [0.5, 0.6) is 17.2 Å². The van der Waals surface area contributed by atoms with E-state index in [0.29, 0.717) is 44.4 Å². The van der Waals surface area contributed by atoms with Crippen LogP contribution in [-0.2, 0) is 11.3 Å². The molecule has 1 heterocycles. The van der Waals surface area contributed by atoms with Gasteiger partial charge in [0, 0.05) is 12.6 Å². The van der Waals surface area contributed by atoms with Gasteiger partial charge < -0.3 is 18.8 Å². The van der Waals surface area contributed by atoms with Gasteiger partial charge in [-0.25, -0.2) is 4.39 Å². The molecule has 30 heavy (non-hydrogen) atoms. The molecule has 0 spiro atoms. The highest BCUT2D eigenvalue weighted by Gasteiger charge is 2.13. The number of allylic oxidation sites excluding steroid dienone is 1. The Labute approximate surface area is 177 Å². The van der Waals surface area contributed by atoms with E-state index in [2.05, 4.69) is 11.6 Å². The largest absolute Gasteiger partial charge is 0.493 e. The van der Waals surface area contributed by atoms with Crippen LogP contribution in [-0.4, -0.2) is 31.8 Å². The van der Waals surface area contributed by atoms with E-state index in [9.17, 15) is 9.18 Å². The Balaban J connectivity index is 1.98. The van der Waals surface area contributed by atoms with Crippen LogP contribution in [0.15, 0.2) is 54.1 Å². The predicted molar refractivity (Wildman–Crippen MR) is 116 cm³/mol. The first-order valence-electron chi connectivity index (χ1n) is 8.98. The van der Waals surface area contributed by atoms with E-state index in [1.54, 1.807) is 41.0 Å². The molecule has 3 aromatic rings. The average Bonchev–Trinajstić information content (AvgIpc) is 3.09. The van der Waals surface area contributed by atoms with Gasteiger partial charge in [-0.2, -0.15) is 4.99 Å². The lowest BCUT2D eigenvalue weighted by molar-refractivity contribution is -0.113. The number of hydrogen-bond acceptors (Lipinski definition) is 5. The van der Waals surface area contributed by atoms with Crippen molar-refractivity contribution in [2.24, 2.45) is 4.99 Å². The maximum atomic E-state index is 14.3. The Morgan fingerprint density at radius 3 is 2.50 bits per heavy atom. The summed E-state index contributed by atoms with van der Waals surface area (Å²) in [7, 11) is 4.55. The fraction of sp³-hybridized carbons (Fsp3) is 0.182. The number of carbonyl (C=O) groups is 1. The van der Waals surface area contributed by atoms with Crippen LogP contribution in [0.25, 0.3) is 16.3 Å². The third kappa shape index (κ3) is 4.28. The molecule has 0 aliphatic carbocycles. The second kappa shape index (κ2) is 9.41. The van der Waals surface area contributed by atoms with Gasteiger partial charge >= 0.3 is 0 Å². The number of thiazole rings is 1. The molecule has 0 radical (unpaired) electrons. The van der Waals surface area contributed by atoms with Crippen LogP contribution in [0, 0.1) is 5.82 Å². The molecular weight excluding hydrogens is 407 g/mol. The van der Waals surface area contributed by atoms with Crippen LogP contribution in [0.2, 0.25) is 0 Å². The number of hydrogen-bond donors (Lipinski definition) is 0. The van der Waals surface area contributed by atoms with Crippen LogP contribution in [0.1, 0.15) is 5.56 Å². The standard InChI is InChI=1S/C22H21FN2O4S/c1-5-11-25-20-15(23)7-6-8-18(20)30-22(25)24-19(26)10-9-14-12-16(27-2)21(29-4)17(13-14)28-3/h5-10,12-13H,1,11H2,2-4H3/b10-9-,24-22?. The average molecular weight is 428 g/mol. The number of methoxy groups -OCH3 is 3. The summed E-state index contributed by atoms with van der Waals surface area (Å²) < 4.78 is 32.5. The van der Waals surface area contributed by atoms with Gasteiger partial charge in [-0.05, 0) is 35.9 Å². The molecule has 0 saturated carbocycles. The second-order valence-corrected chi connectivity index (χ2v) is 7.12. The monoisotopic (exact) mass is 428 g/mol. The molecule has 0 saturated heterocycles. The highest BCUT2D eigenvalue weighted by molar-refractivity contribution is 7.16. The lowest BCUT2D eigenvalue weighted by Gasteiger charge is -2.12. The van der Waals surface area contributed by atoms with Gasteiger partial charge in [0.05, 0.1) is 31.5 Å². The number of halogens is 1. The summed E-state index contributed by atoms with van der Waals surface area (Å²) in [6, 6.07) is 8.24. The predicted octanol–water partition coefficient (Wildman–Crippen LogP) is 4.19. The summed E-state index contributed by atoms with van der Waals surface area (Å²) in [6.07, 6.45) is 4.57. The molecule has 0 bridgehead atoms. The first-order chi connectivity index (χ1) is 14.5. The van der Waals surface area contributed by atoms with Crippen molar-refractivity contribution in [2.45, 2.75) is 6.54 Å². The van der Waals surface area contributed by atoms with Gasteiger partial charge in [-0.3, -0.25) is 4.79 Å². The zero-order chi connectivity index (χ0) is 21.7. The highest BCUT2D eigenvalue weighted by atomic mass is 32.1. The summed E-state index contributed by atoms with van der Waals surface area (Å²) in [6.45, 7) is 4.04. The molecule has 0 fully saturated rings. The first-order valence-corrected chi connectivity index (χ1v) is 9.79. The molecular formula is C22H21FN2O4S. The van der Waals surface area contributed by atoms with E-state index in [0.717, 1.165) is 0 Å². The highest BCUT2D eigenvalue weighted by Crippen LogP contribution is 2.38. The van der Waals surface area contributed by atoms with Crippen LogP contribution < -0.4 is 19.0 Å². The molecule has 1 amide bonds. The quantitative estimate of drug-likeness (QED) is 0.418. The van der Waals surface area contributed by atoms with Crippen molar-refractivity contribution >= 4 is 33.5 Å². The molecule has 0 unspecified atom stereocenters.